The molecule has 1 atom stereocenters. The third kappa shape index (κ3) is 9.15. The van der Waals surface area contributed by atoms with Crippen molar-refractivity contribution in [2.24, 2.45) is 7.05 Å². The van der Waals surface area contributed by atoms with Gasteiger partial charge in [-0.1, -0.05) is 0 Å². The van der Waals surface area contributed by atoms with E-state index < -0.39 is 35.6 Å². The van der Waals surface area contributed by atoms with Crippen LogP contribution in [-0.2, 0) is 32.5 Å². The molecular weight excluding hydrogens is 652 g/mol. The monoisotopic (exact) mass is 696 g/mol. The van der Waals surface area contributed by atoms with E-state index >= 15 is 4.39 Å². The van der Waals surface area contributed by atoms with Gasteiger partial charge >= 0.3 is 18.1 Å². The van der Waals surface area contributed by atoms with E-state index in [0.717, 1.165) is 17.5 Å². The number of Topliss-reactive ketones (excluding diaryl/α,β-unsaturated/α-hetero) is 1. The quantitative estimate of drug-likeness (QED) is 0.162. The van der Waals surface area contributed by atoms with Crippen LogP contribution < -0.4 is 4.74 Å². The van der Waals surface area contributed by atoms with Crippen molar-refractivity contribution in [1.82, 2.24) is 9.55 Å². The van der Waals surface area contributed by atoms with Crippen molar-refractivity contribution in [1.29, 1.82) is 0 Å². The van der Waals surface area contributed by atoms with Crippen LogP contribution in [0.4, 0.5) is 17.6 Å². The summed E-state index contributed by atoms with van der Waals surface area (Å²) in [7, 11) is 3.43. The zero-order valence-corrected chi connectivity index (χ0v) is 29.2. The van der Waals surface area contributed by atoms with Crippen LogP contribution in [0.15, 0.2) is 12.1 Å². The zero-order chi connectivity index (χ0) is 37.2. The van der Waals surface area contributed by atoms with Crippen LogP contribution in [0.5, 0.6) is 5.75 Å². The van der Waals surface area contributed by atoms with E-state index in [1.165, 1.54) is 6.07 Å². The Balaban J connectivity index is 0.000000838. The molecule has 3 heterocycles. The molecule has 2 aromatic heterocycles. The Hall–Kier alpha value is -4.04. The molecule has 0 radical (unpaired) electrons. The second-order valence-electron chi connectivity index (χ2n) is 13.6. The molecule has 0 saturated carbocycles. The third-order valence-corrected chi connectivity index (χ3v) is 8.33. The number of benzene rings is 1. The van der Waals surface area contributed by atoms with Gasteiger partial charge in [0.25, 0.3) is 0 Å². The summed E-state index contributed by atoms with van der Waals surface area (Å²) in [4.78, 5) is 39.9. The lowest BCUT2D eigenvalue weighted by Gasteiger charge is -2.29. The number of nitrogens with zero attached hydrogens (tertiary/aromatic N) is 2. The molecule has 14 heteroatoms. The smallest absolute Gasteiger partial charge is 0.490 e. The molecule has 1 aromatic carbocycles. The van der Waals surface area contributed by atoms with Crippen molar-refractivity contribution in [2.75, 3.05) is 13.7 Å². The van der Waals surface area contributed by atoms with Crippen LogP contribution in [-0.4, -0.2) is 68.6 Å². The number of methoxy groups -OCH3 is 1. The molecule has 2 N–H and O–H groups in total. The summed E-state index contributed by atoms with van der Waals surface area (Å²) in [6.07, 6.45) is -3.39. The van der Waals surface area contributed by atoms with E-state index in [-0.39, 0.29) is 17.1 Å². The summed E-state index contributed by atoms with van der Waals surface area (Å²) in [5.74, 6) is -4.25. The molecule has 10 nitrogen and oxygen atoms in total. The number of halogens is 4. The second-order valence-corrected chi connectivity index (χ2v) is 13.6. The predicted octanol–water partition coefficient (Wildman–Crippen LogP) is 7.67. The average Bonchev–Trinajstić information content (AvgIpc) is 3.32. The van der Waals surface area contributed by atoms with Gasteiger partial charge in [0.05, 0.1) is 23.5 Å². The van der Waals surface area contributed by atoms with Gasteiger partial charge in [-0.25, -0.2) is 19.0 Å². The number of aromatic nitrogens is 2. The molecule has 0 bridgehead atoms. The lowest BCUT2D eigenvalue weighted by atomic mass is 9.86. The molecule has 0 amide bonds. The van der Waals surface area contributed by atoms with Gasteiger partial charge in [0, 0.05) is 48.3 Å². The molecule has 0 saturated heterocycles. The van der Waals surface area contributed by atoms with Crippen LogP contribution in [0.3, 0.4) is 0 Å². The van der Waals surface area contributed by atoms with E-state index in [1.54, 1.807) is 52.5 Å². The highest BCUT2D eigenvalue weighted by Gasteiger charge is 2.38. The number of ether oxygens (including phenoxy) is 3. The maximum Gasteiger partial charge on any atom is 0.490 e. The Morgan fingerprint density at radius 1 is 1.08 bits per heavy atom. The van der Waals surface area contributed by atoms with E-state index in [2.05, 4.69) is 0 Å². The van der Waals surface area contributed by atoms with Crippen molar-refractivity contribution in [3.8, 4) is 16.9 Å². The number of aliphatic carboxylic acids is 2. The molecular formula is C35H44F4N2O8. The summed E-state index contributed by atoms with van der Waals surface area (Å²) in [5, 5.41) is 18.1. The minimum absolute atomic E-state index is 0.0602. The zero-order valence-electron chi connectivity index (χ0n) is 29.2. The first-order chi connectivity index (χ1) is 22.5. The van der Waals surface area contributed by atoms with Crippen LogP contribution in [0.2, 0.25) is 0 Å². The summed E-state index contributed by atoms with van der Waals surface area (Å²) in [6.45, 7) is 13.4. The Morgan fingerprint density at radius 3 is 2.22 bits per heavy atom. The van der Waals surface area contributed by atoms with E-state index in [0.29, 0.717) is 71.4 Å². The van der Waals surface area contributed by atoms with E-state index in [9.17, 15) is 27.9 Å². The number of fused-ring (bicyclic) bond motifs is 2. The van der Waals surface area contributed by atoms with Gasteiger partial charge < -0.3 is 29.0 Å². The Bertz CT molecular complexity index is 1740. The maximum atomic E-state index is 15.6. The first kappa shape index (κ1) is 39.4. The number of carboxylic acids is 2. The highest BCUT2D eigenvalue weighted by Crippen LogP contribution is 2.45. The Kier molecular flexibility index (Phi) is 11.9. The lowest BCUT2D eigenvalue weighted by molar-refractivity contribution is -0.192. The number of hydrogen-bond acceptors (Lipinski definition) is 7. The number of rotatable bonds is 10. The number of carbonyl (C=O) groups excluding carboxylic acids is 1. The number of carbonyl (C=O) groups is 3. The van der Waals surface area contributed by atoms with Crippen molar-refractivity contribution >= 4 is 28.8 Å². The van der Waals surface area contributed by atoms with E-state index in [4.69, 9.17) is 29.1 Å². The molecule has 3 aromatic rings. The molecule has 1 aliphatic rings. The van der Waals surface area contributed by atoms with Crippen molar-refractivity contribution in [3.63, 3.8) is 0 Å². The SMILES string of the molecule is COC(C)(C)CCCC(=O)c1cc2c(-c3cc(F)c4c(c3C)CCCO4)c([C@H](OC(C)(C)C)C(=O)O)c(C)nc2n1C.O=C(O)C(F)(F)F. The number of aryl methyl sites for hydroxylation is 2. The lowest BCUT2D eigenvalue weighted by Crippen LogP contribution is -2.28. The van der Waals surface area contributed by atoms with Gasteiger partial charge in [-0.05, 0) is 97.4 Å². The van der Waals surface area contributed by atoms with Crippen LogP contribution in [0, 0.1) is 19.7 Å². The summed E-state index contributed by atoms with van der Waals surface area (Å²) >= 11 is 0. The molecule has 0 spiro atoms. The summed E-state index contributed by atoms with van der Waals surface area (Å²) < 4.78 is 66.3. The topological polar surface area (TPSA) is 137 Å². The van der Waals surface area contributed by atoms with Crippen LogP contribution in [0.1, 0.15) is 99.3 Å². The first-order valence-electron chi connectivity index (χ1n) is 15.7. The predicted molar refractivity (Wildman–Crippen MR) is 174 cm³/mol. The molecule has 49 heavy (non-hydrogen) atoms. The number of hydrogen-bond donors (Lipinski definition) is 2. The Labute approximate surface area is 282 Å². The number of alkyl halides is 3. The minimum atomic E-state index is -5.08. The van der Waals surface area contributed by atoms with Gasteiger partial charge in [-0.2, -0.15) is 13.2 Å². The molecule has 270 valence electrons. The number of ketones is 1. The van der Waals surface area contributed by atoms with Gasteiger partial charge in [0.1, 0.15) is 5.65 Å². The van der Waals surface area contributed by atoms with Gasteiger partial charge in [0.15, 0.2) is 23.5 Å². The fraction of sp³-hybridized carbons (Fsp3) is 0.543. The standard InChI is InChI=1S/C33H43FN2O6.C2HF3O2/c1-18-20-12-11-15-41-28(20)23(34)16-21(18)27-22-17-24(25(37)13-10-14-33(6,7)40-9)36(8)30(22)35-19(2)26(27)29(31(38)39)42-32(3,4)5;3-2(4,5)1(6)7/h16-17,29H,10-15H2,1-9H3,(H,38,39);(H,6,7)/t29-;/m0./s1. The van der Waals surface area contributed by atoms with Crippen LogP contribution in [0.25, 0.3) is 22.2 Å². The van der Waals surface area contributed by atoms with Crippen molar-refractivity contribution in [2.45, 2.75) is 104 Å². The van der Waals surface area contributed by atoms with Gasteiger partial charge in [0.2, 0.25) is 0 Å². The fourth-order valence-corrected chi connectivity index (χ4v) is 5.74. The molecule has 1 aliphatic heterocycles. The van der Waals surface area contributed by atoms with Gasteiger partial charge in [-0.3, -0.25) is 4.79 Å². The number of carboxylic acid groups (broad SMARTS) is 2. The molecule has 4 rings (SSSR count). The maximum absolute atomic E-state index is 15.6. The van der Waals surface area contributed by atoms with Crippen molar-refractivity contribution < 1.29 is 56.4 Å². The average molecular weight is 697 g/mol. The highest BCUT2D eigenvalue weighted by molar-refractivity contribution is 6.05. The van der Waals surface area contributed by atoms with Crippen molar-refractivity contribution in [3.05, 3.63) is 46.0 Å². The second kappa shape index (κ2) is 14.8. The minimum Gasteiger partial charge on any atom is -0.490 e. The summed E-state index contributed by atoms with van der Waals surface area (Å²) in [5.41, 5.74) is 3.23. The molecule has 0 fully saturated rings. The van der Waals surface area contributed by atoms with Crippen LogP contribution >= 0.6 is 0 Å². The normalized spacial score (nSPS) is 14.1. The first-order valence-corrected chi connectivity index (χ1v) is 15.7. The largest absolute Gasteiger partial charge is 0.490 e. The Morgan fingerprint density at radius 2 is 1.69 bits per heavy atom. The fourth-order valence-electron chi connectivity index (χ4n) is 5.74. The number of pyridine rings is 1. The molecule has 0 unspecified atom stereocenters. The molecule has 0 aliphatic carbocycles. The van der Waals surface area contributed by atoms with E-state index in [1.807, 2.05) is 20.8 Å². The highest BCUT2D eigenvalue weighted by atomic mass is 19.4. The summed E-state index contributed by atoms with van der Waals surface area (Å²) in [6, 6.07) is 3.17. The van der Waals surface area contributed by atoms with Gasteiger partial charge in [-0.15, -0.1) is 0 Å². The third-order valence-electron chi connectivity index (χ3n) is 8.33.